The molecule has 0 aliphatic carbocycles. The molecule has 0 bridgehead atoms. The standard InChI is InChI=1S/C14H12F2N4O/c15-14(16)3-4-18-7-12(14)20-8-19-11-5-9(6-17)1-2-10(11)13(20)21/h1-2,5,8,12,18H,3-4,7H2. The summed E-state index contributed by atoms with van der Waals surface area (Å²) in [7, 11) is 0. The van der Waals surface area contributed by atoms with Gasteiger partial charge in [0, 0.05) is 19.5 Å². The Balaban J connectivity index is 2.15. The highest BCUT2D eigenvalue weighted by molar-refractivity contribution is 5.78. The van der Waals surface area contributed by atoms with Crippen LogP contribution in [0.3, 0.4) is 0 Å². The van der Waals surface area contributed by atoms with Crippen molar-refractivity contribution in [3.63, 3.8) is 0 Å². The minimum atomic E-state index is -2.95. The number of hydrogen-bond donors (Lipinski definition) is 1. The van der Waals surface area contributed by atoms with E-state index in [9.17, 15) is 13.6 Å². The van der Waals surface area contributed by atoms with E-state index in [1.54, 1.807) is 0 Å². The summed E-state index contributed by atoms with van der Waals surface area (Å²) in [5.74, 6) is -2.95. The van der Waals surface area contributed by atoms with Gasteiger partial charge in [-0.05, 0) is 18.2 Å². The molecule has 3 rings (SSSR count). The number of benzene rings is 1. The molecule has 1 N–H and O–H groups in total. The number of hydrogen-bond acceptors (Lipinski definition) is 4. The second-order valence-corrected chi connectivity index (χ2v) is 5.03. The van der Waals surface area contributed by atoms with Crippen molar-refractivity contribution in [1.29, 1.82) is 5.26 Å². The van der Waals surface area contributed by atoms with Gasteiger partial charge in [0.15, 0.2) is 0 Å². The summed E-state index contributed by atoms with van der Waals surface area (Å²) in [6.45, 7) is 0.251. The van der Waals surface area contributed by atoms with Crippen LogP contribution >= 0.6 is 0 Å². The van der Waals surface area contributed by atoms with Crippen molar-refractivity contribution >= 4 is 10.9 Å². The minimum Gasteiger partial charge on any atom is -0.314 e. The number of aromatic nitrogens is 2. The molecule has 1 fully saturated rings. The number of alkyl halides is 2. The van der Waals surface area contributed by atoms with Crippen LogP contribution in [0.15, 0.2) is 29.3 Å². The maximum Gasteiger partial charge on any atom is 0.271 e. The Labute approximate surface area is 118 Å². The van der Waals surface area contributed by atoms with Crippen LogP contribution in [0.25, 0.3) is 10.9 Å². The minimum absolute atomic E-state index is 0.0242. The van der Waals surface area contributed by atoms with Gasteiger partial charge in [-0.1, -0.05) is 0 Å². The van der Waals surface area contributed by atoms with Crippen molar-refractivity contribution in [2.75, 3.05) is 13.1 Å². The predicted octanol–water partition coefficient (Wildman–Crippen LogP) is 1.44. The van der Waals surface area contributed by atoms with E-state index in [0.29, 0.717) is 11.1 Å². The maximum atomic E-state index is 14.0. The Morgan fingerprint density at radius 1 is 1.48 bits per heavy atom. The first-order valence-corrected chi connectivity index (χ1v) is 6.52. The normalized spacial score (nSPS) is 21.1. The predicted molar refractivity (Wildman–Crippen MR) is 72.2 cm³/mol. The summed E-state index contributed by atoms with van der Waals surface area (Å²) in [5, 5.41) is 11.9. The SMILES string of the molecule is N#Cc1ccc2c(=O)n(C3CNCCC3(F)F)cnc2c1. The fourth-order valence-electron chi connectivity index (χ4n) is 2.54. The highest BCUT2D eigenvalue weighted by atomic mass is 19.3. The van der Waals surface area contributed by atoms with Crippen molar-refractivity contribution in [2.45, 2.75) is 18.4 Å². The molecule has 1 aliphatic heterocycles. The van der Waals surface area contributed by atoms with Crippen LogP contribution in [0, 0.1) is 11.3 Å². The molecule has 108 valence electrons. The van der Waals surface area contributed by atoms with Gasteiger partial charge in [-0.25, -0.2) is 13.8 Å². The largest absolute Gasteiger partial charge is 0.314 e. The fraction of sp³-hybridized carbons (Fsp3) is 0.357. The third-order valence-electron chi connectivity index (χ3n) is 3.71. The lowest BCUT2D eigenvalue weighted by molar-refractivity contribution is -0.0720. The number of nitrogens with zero attached hydrogens (tertiary/aromatic N) is 3. The number of halogens is 2. The lowest BCUT2D eigenvalue weighted by Gasteiger charge is -2.32. The van der Waals surface area contributed by atoms with E-state index in [2.05, 4.69) is 10.3 Å². The van der Waals surface area contributed by atoms with Crippen LogP contribution in [-0.2, 0) is 0 Å². The fourth-order valence-corrected chi connectivity index (χ4v) is 2.54. The third kappa shape index (κ3) is 2.28. The first-order chi connectivity index (χ1) is 10.0. The van der Waals surface area contributed by atoms with Gasteiger partial charge in [0.1, 0.15) is 6.04 Å². The van der Waals surface area contributed by atoms with E-state index in [1.165, 1.54) is 18.2 Å². The average molecular weight is 290 g/mol. The molecular formula is C14H12F2N4O. The van der Waals surface area contributed by atoms with Gasteiger partial charge in [0.05, 0.1) is 28.9 Å². The van der Waals surface area contributed by atoms with E-state index in [-0.39, 0.29) is 24.9 Å². The molecule has 0 spiro atoms. The van der Waals surface area contributed by atoms with E-state index in [4.69, 9.17) is 5.26 Å². The second kappa shape index (κ2) is 4.90. The molecule has 2 heterocycles. The molecule has 21 heavy (non-hydrogen) atoms. The highest BCUT2D eigenvalue weighted by Crippen LogP contribution is 2.33. The Bertz CT molecular complexity index is 794. The molecule has 1 aliphatic rings. The van der Waals surface area contributed by atoms with E-state index in [1.807, 2.05) is 6.07 Å². The molecule has 1 unspecified atom stereocenters. The van der Waals surface area contributed by atoms with Crippen molar-refractivity contribution < 1.29 is 8.78 Å². The van der Waals surface area contributed by atoms with Crippen LogP contribution in [0.2, 0.25) is 0 Å². The molecule has 1 saturated heterocycles. The first kappa shape index (κ1) is 13.6. The quantitative estimate of drug-likeness (QED) is 0.862. The van der Waals surface area contributed by atoms with Gasteiger partial charge < -0.3 is 5.32 Å². The Kier molecular flexibility index (Phi) is 3.18. The van der Waals surface area contributed by atoms with Gasteiger partial charge in [-0.2, -0.15) is 5.26 Å². The van der Waals surface area contributed by atoms with Gasteiger partial charge in [-0.3, -0.25) is 9.36 Å². The molecule has 1 atom stereocenters. The Morgan fingerprint density at radius 3 is 3.00 bits per heavy atom. The van der Waals surface area contributed by atoms with Gasteiger partial charge in [-0.15, -0.1) is 0 Å². The molecular weight excluding hydrogens is 278 g/mol. The van der Waals surface area contributed by atoms with Crippen LogP contribution in [-0.4, -0.2) is 28.6 Å². The maximum absolute atomic E-state index is 14.0. The molecule has 0 saturated carbocycles. The third-order valence-corrected chi connectivity index (χ3v) is 3.71. The molecule has 0 radical (unpaired) electrons. The molecule has 2 aromatic rings. The van der Waals surface area contributed by atoms with E-state index in [0.717, 1.165) is 10.9 Å². The zero-order valence-electron chi connectivity index (χ0n) is 11.0. The van der Waals surface area contributed by atoms with Crippen LogP contribution < -0.4 is 10.9 Å². The molecule has 1 aromatic carbocycles. The monoisotopic (exact) mass is 290 g/mol. The van der Waals surface area contributed by atoms with Crippen molar-refractivity contribution in [3.8, 4) is 6.07 Å². The lowest BCUT2D eigenvalue weighted by atomic mass is 10.0. The van der Waals surface area contributed by atoms with E-state index >= 15 is 0 Å². The summed E-state index contributed by atoms with van der Waals surface area (Å²) in [4.78, 5) is 16.4. The smallest absolute Gasteiger partial charge is 0.271 e. The van der Waals surface area contributed by atoms with Crippen molar-refractivity contribution in [1.82, 2.24) is 14.9 Å². The summed E-state index contributed by atoms with van der Waals surface area (Å²) >= 11 is 0. The summed E-state index contributed by atoms with van der Waals surface area (Å²) in [5.41, 5.74) is 0.192. The number of piperidine rings is 1. The van der Waals surface area contributed by atoms with Crippen LogP contribution in [0.1, 0.15) is 18.0 Å². The van der Waals surface area contributed by atoms with Crippen molar-refractivity contribution in [3.05, 3.63) is 40.4 Å². The zero-order chi connectivity index (χ0) is 15.0. The lowest BCUT2D eigenvalue weighted by Crippen LogP contribution is -2.48. The topological polar surface area (TPSA) is 70.7 Å². The Hall–Kier alpha value is -2.33. The molecule has 5 nitrogen and oxygen atoms in total. The summed E-state index contributed by atoms with van der Waals surface area (Å²) in [6, 6.07) is 5.11. The zero-order valence-corrected chi connectivity index (χ0v) is 11.0. The number of nitrogens with one attached hydrogen (secondary N) is 1. The van der Waals surface area contributed by atoms with Gasteiger partial charge >= 0.3 is 0 Å². The first-order valence-electron chi connectivity index (χ1n) is 6.52. The number of rotatable bonds is 1. The van der Waals surface area contributed by atoms with Crippen LogP contribution in [0.4, 0.5) is 8.78 Å². The second-order valence-electron chi connectivity index (χ2n) is 5.03. The molecule has 0 amide bonds. The van der Waals surface area contributed by atoms with Gasteiger partial charge in [0.25, 0.3) is 11.5 Å². The van der Waals surface area contributed by atoms with Crippen LogP contribution in [0.5, 0.6) is 0 Å². The van der Waals surface area contributed by atoms with E-state index < -0.39 is 17.5 Å². The molecule has 7 heteroatoms. The molecule has 1 aromatic heterocycles. The average Bonchev–Trinajstić information content (AvgIpc) is 2.47. The van der Waals surface area contributed by atoms with Gasteiger partial charge in [0.2, 0.25) is 0 Å². The highest BCUT2D eigenvalue weighted by Gasteiger charge is 2.43. The Morgan fingerprint density at radius 2 is 2.29 bits per heavy atom. The number of fused-ring (bicyclic) bond motifs is 1. The summed E-state index contributed by atoms with van der Waals surface area (Å²) < 4.78 is 29.0. The summed E-state index contributed by atoms with van der Waals surface area (Å²) in [6.07, 6.45) is 0.826. The van der Waals surface area contributed by atoms with Crippen molar-refractivity contribution in [2.24, 2.45) is 0 Å². The number of nitriles is 1.